The van der Waals surface area contributed by atoms with E-state index >= 15 is 0 Å². The van der Waals surface area contributed by atoms with Crippen molar-refractivity contribution in [3.05, 3.63) is 28.5 Å². The number of benzene rings is 1. The summed E-state index contributed by atoms with van der Waals surface area (Å²) in [6, 6.07) is 1.48. The van der Waals surface area contributed by atoms with Crippen LogP contribution in [0.4, 0.5) is 10.1 Å². The van der Waals surface area contributed by atoms with Crippen LogP contribution < -0.4 is 10.6 Å². The number of fused-ring (bicyclic) bond motifs is 1. The van der Waals surface area contributed by atoms with Crippen LogP contribution >= 0.6 is 11.6 Å². The van der Waals surface area contributed by atoms with Gasteiger partial charge in [-0.15, -0.1) is 0 Å². The number of rotatable bonds is 1. The lowest BCUT2D eigenvalue weighted by molar-refractivity contribution is -0.117. The van der Waals surface area contributed by atoms with Gasteiger partial charge in [0.25, 0.3) is 5.91 Å². The molecule has 0 aromatic heterocycles. The Bertz CT molecular complexity index is 504. The lowest BCUT2D eigenvalue weighted by atomic mass is 10.1. The van der Waals surface area contributed by atoms with Gasteiger partial charge in [0.1, 0.15) is 11.9 Å². The molecule has 2 amide bonds. The van der Waals surface area contributed by atoms with Crippen molar-refractivity contribution in [3.63, 3.8) is 0 Å². The average molecular weight is 257 g/mol. The lowest BCUT2D eigenvalue weighted by Gasteiger charge is -2.11. The van der Waals surface area contributed by atoms with Crippen molar-refractivity contribution in [2.24, 2.45) is 0 Å². The third kappa shape index (κ3) is 2.10. The lowest BCUT2D eigenvalue weighted by Crippen LogP contribution is -2.40. The number of carbonyl (C=O) groups excluding carboxylic acids is 2. The van der Waals surface area contributed by atoms with Gasteiger partial charge in [-0.2, -0.15) is 0 Å². The molecule has 1 heterocycles. The molecule has 1 aliphatic rings. The zero-order valence-electron chi connectivity index (χ0n) is 9.01. The molecule has 0 saturated carbocycles. The van der Waals surface area contributed by atoms with E-state index in [2.05, 4.69) is 10.6 Å². The van der Waals surface area contributed by atoms with Gasteiger partial charge in [0.15, 0.2) is 0 Å². The van der Waals surface area contributed by atoms with E-state index in [1.165, 1.54) is 0 Å². The van der Waals surface area contributed by atoms with Crippen molar-refractivity contribution in [1.29, 1.82) is 0 Å². The second-order valence-electron chi connectivity index (χ2n) is 3.73. The Hall–Kier alpha value is -1.62. The Kier molecular flexibility index (Phi) is 3.02. The van der Waals surface area contributed by atoms with Crippen LogP contribution in [-0.4, -0.2) is 17.9 Å². The molecular weight excluding hydrogens is 247 g/mol. The number of amides is 2. The highest BCUT2D eigenvalue weighted by Gasteiger charge is 2.28. The first-order chi connectivity index (χ1) is 8.02. The molecule has 90 valence electrons. The normalized spacial score (nSPS) is 19.1. The molecule has 0 bridgehead atoms. The van der Waals surface area contributed by atoms with Gasteiger partial charge in [0.2, 0.25) is 5.91 Å². The molecule has 1 aliphatic heterocycles. The number of hydrogen-bond acceptors (Lipinski definition) is 2. The highest BCUT2D eigenvalue weighted by Crippen LogP contribution is 2.29. The molecule has 2 rings (SSSR count). The van der Waals surface area contributed by atoms with E-state index in [1.807, 2.05) is 0 Å². The van der Waals surface area contributed by atoms with Crippen molar-refractivity contribution in [1.82, 2.24) is 5.32 Å². The number of hydrogen-bond donors (Lipinski definition) is 2. The topological polar surface area (TPSA) is 58.2 Å². The van der Waals surface area contributed by atoms with Crippen LogP contribution in [0.3, 0.4) is 0 Å². The van der Waals surface area contributed by atoms with Crippen molar-refractivity contribution < 1.29 is 14.0 Å². The Morgan fingerprint density at radius 1 is 1.41 bits per heavy atom. The SMILES string of the molecule is CCC1NC(=O)c2cc(F)cc(Cl)c2NC1=O. The first kappa shape index (κ1) is 11.9. The standard InChI is InChI=1S/C11H10ClFN2O2/c1-2-8-11(17)15-9-6(10(16)14-8)3-5(13)4-7(9)12/h3-4,8H,2H2,1H3,(H,14,16)(H,15,17). The summed E-state index contributed by atoms with van der Waals surface area (Å²) in [6.45, 7) is 1.77. The number of halogens is 2. The largest absolute Gasteiger partial charge is 0.340 e. The summed E-state index contributed by atoms with van der Waals surface area (Å²) in [5, 5.41) is 5.06. The molecule has 0 aliphatic carbocycles. The first-order valence-corrected chi connectivity index (χ1v) is 5.51. The van der Waals surface area contributed by atoms with Gasteiger partial charge in [-0.3, -0.25) is 9.59 Å². The van der Waals surface area contributed by atoms with Crippen molar-refractivity contribution in [3.8, 4) is 0 Å². The Morgan fingerprint density at radius 3 is 2.76 bits per heavy atom. The molecule has 6 heteroatoms. The van der Waals surface area contributed by atoms with Gasteiger partial charge in [0, 0.05) is 0 Å². The van der Waals surface area contributed by atoms with Crippen LogP contribution in [0.25, 0.3) is 0 Å². The Morgan fingerprint density at radius 2 is 2.12 bits per heavy atom. The van der Waals surface area contributed by atoms with Crippen LogP contribution in [0, 0.1) is 5.82 Å². The van der Waals surface area contributed by atoms with E-state index in [0.29, 0.717) is 6.42 Å². The average Bonchev–Trinajstić information content (AvgIpc) is 2.38. The maximum atomic E-state index is 13.2. The maximum absolute atomic E-state index is 13.2. The van der Waals surface area contributed by atoms with Crippen molar-refractivity contribution >= 4 is 29.1 Å². The third-order valence-electron chi connectivity index (χ3n) is 2.58. The molecule has 0 radical (unpaired) electrons. The molecule has 1 aromatic carbocycles. The fraction of sp³-hybridized carbons (Fsp3) is 0.273. The molecule has 17 heavy (non-hydrogen) atoms. The fourth-order valence-electron chi connectivity index (χ4n) is 1.68. The fourth-order valence-corrected chi connectivity index (χ4v) is 1.93. The zero-order valence-corrected chi connectivity index (χ0v) is 9.77. The molecule has 0 saturated heterocycles. The van der Waals surface area contributed by atoms with Gasteiger partial charge in [0.05, 0.1) is 16.3 Å². The minimum atomic E-state index is -0.631. The van der Waals surface area contributed by atoms with Crippen LogP contribution in [0.5, 0.6) is 0 Å². The molecule has 1 unspecified atom stereocenters. The van der Waals surface area contributed by atoms with E-state index in [-0.39, 0.29) is 22.2 Å². The van der Waals surface area contributed by atoms with Crippen molar-refractivity contribution in [2.45, 2.75) is 19.4 Å². The van der Waals surface area contributed by atoms with Crippen LogP contribution in [0.1, 0.15) is 23.7 Å². The zero-order chi connectivity index (χ0) is 12.6. The molecule has 4 nitrogen and oxygen atoms in total. The summed E-state index contributed by atoms with van der Waals surface area (Å²) < 4.78 is 13.2. The highest BCUT2D eigenvalue weighted by molar-refractivity contribution is 6.35. The minimum absolute atomic E-state index is 0.0141. The van der Waals surface area contributed by atoms with E-state index in [1.54, 1.807) is 6.92 Å². The second kappa shape index (κ2) is 4.33. The summed E-state index contributed by atoms with van der Waals surface area (Å²) in [5.41, 5.74) is 0.200. The number of carbonyl (C=O) groups is 2. The van der Waals surface area contributed by atoms with E-state index in [9.17, 15) is 14.0 Å². The van der Waals surface area contributed by atoms with E-state index < -0.39 is 17.8 Å². The highest BCUT2D eigenvalue weighted by atomic mass is 35.5. The first-order valence-electron chi connectivity index (χ1n) is 5.13. The van der Waals surface area contributed by atoms with Crippen LogP contribution in [0.2, 0.25) is 5.02 Å². The quantitative estimate of drug-likeness (QED) is 0.807. The summed E-state index contributed by atoms with van der Waals surface area (Å²) in [7, 11) is 0. The Labute approximate surface area is 102 Å². The molecule has 2 N–H and O–H groups in total. The molecule has 0 spiro atoms. The van der Waals surface area contributed by atoms with Gasteiger partial charge in [-0.05, 0) is 18.6 Å². The summed E-state index contributed by atoms with van der Waals surface area (Å²) >= 11 is 5.81. The summed E-state index contributed by atoms with van der Waals surface area (Å²) in [6.07, 6.45) is 0.450. The van der Waals surface area contributed by atoms with Gasteiger partial charge >= 0.3 is 0 Å². The maximum Gasteiger partial charge on any atom is 0.254 e. The third-order valence-corrected chi connectivity index (χ3v) is 2.88. The van der Waals surface area contributed by atoms with Gasteiger partial charge in [-0.25, -0.2) is 4.39 Å². The summed E-state index contributed by atoms with van der Waals surface area (Å²) in [4.78, 5) is 23.5. The molecular formula is C11H10ClFN2O2. The van der Waals surface area contributed by atoms with Crippen LogP contribution in [0.15, 0.2) is 12.1 Å². The summed E-state index contributed by atoms with van der Waals surface area (Å²) in [5.74, 6) is -1.48. The smallest absolute Gasteiger partial charge is 0.254 e. The predicted octanol–water partition coefficient (Wildman–Crippen LogP) is 1.94. The van der Waals surface area contributed by atoms with Gasteiger partial charge in [-0.1, -0.05) is 18.5 Å². The second-order valence-corrected chi connectivity index (χ2v) is 4.14. The Balaban J connectivity index is 2.53. The molecule has 1 aromatic rings. The minimum Gasteiger partial charge on any atom is -0.340 e. The van der Waals surface area contributed by atoms with Crippen LogP contribution in [-0.2, 0) is 4.79 Å². The van der Waals surface area contributed by atoms with Gasteiger partial charge < -0.3 is 10.6 Å². The van der Waals surface area contributed by atoms with E-state index in [4.69, 9.17) is 11.6 Å². The van der Waals surface area contributed by atoms with E-state index in [0.717, 1.165) is 12.1 Å². The predicted molar refractivity (Wildman–Crippen MR) is 61.6 cm³/mol. The monoisotopic (exact) mass is 256 g/mol. The number of anilines is 1. The number of nitrogens with one attached hydrogen (secondary N) is 2. The molecule has 0 fully saturated rings. The van der Waals surface area contributed by atoms with Crippen molar-refractivity contribution in [2.75, 3.05) is 5.32 Å². The molecule has 1 atom stereocenters.